The lowest BCUT2D eigenvalue weighted by atomic mass is 10.1. The van der Waals surface area contributed by atoms with Crippen LogP contribution in [0.4, 0.5) is 11.4 Å². The van der Waals surface area contributed by atoms with Crippen molar-refractivity contribution in [2.24, 2.45) is 0 Å². The summed E-state index contributed by atoms with van der Waals surface area (Å²) in [5.74, 6) is 1.36. The number of aryl methyl sites for hydroxylation is 2. The third-order valence-electron chi connectivity index (χ3n) is 5.46. The van der Waals surface area contributed by atoms with Gasteiger partial charge in [-0.2, -0.15) is 0 Å². The maximum atomic E-state index is 12.6. The second-order valence-electron chi connectivity index (χ2n) is 8.08. The van der Waals surface area contributed by atoms with E-state index in [4.69, 9.17) is 14.0 Å². The Hall–Kier alpha value is -4.66. The van der Waals surface area contributed by atoms with E-state index in [1.807, 2.05) is 38.1 Å². The van der Waals surface area contributed by atoms with E-state index < -0.39 is 0 Å². The molecule has 2 aromatic carbocycles. The van der Waals surface area contributed by atoms with Gasteiger partial charge in [0, 0.05) is 17.3 Å². The van der Waals surface area contributed by atoms with Gasteiger partial charge in [0.15, 0.2) is 0 Å². The Labute approximate surface area is 208 Å². The second-order valence-corrected chi connectivity index (χ2v) is 8.08. The summed E-state index contributed by atoms with van der Waals surface area (Å²) in [6, 6.07) is 17.4. The Kier molecular flexibility index (Phi) is 7.60. The van der Waals surface area contributed by atoms with Crippen molar-refractivity contribution in [1.29, 1.82) is 0 Å². The second kappa shape index (κ2) is 11.2. The summed E-state index contributed by atoms with van der Waals surface area (Å²) in [6.45, 7) is 4.08. The van der Waals surface area contributed by atoms with Gasteiger partial charge in [-0.1, -0.05) is 23.4 Å². The number of methoxy groups -OCH3 is 1. The maximum Gasteiger partial charge on any atom is 0.255 e. The minimum atomic E-state index is -0.315. The van der Waals surface area contributed by atoms with Gasteiger partial charge < -0.3 is 24.6 Å². The van der Waals surface area contributed by atoms with Crippen LogP contribution >= 0.6 is 0 Å². The quantitative estimate of drug-likeness (QED) is 0.352. The number of nitrogens with one attached hydrogen (secondary N) is 2. The van der Waals surface area contributed by atoms with Gasteiger partial charge in [-0.05, 0) is 55.8 Å². The number of pyridine rings is 1. The Morgan fingerprint density at radius 1 is 0.972 bits per heavy atom. The molecule has 0 aliphatic carbocycles. The predicted octanol–water partition coefficient (Wildman–Crippen LogP) is 4.71. The lowest BCUT2D eigenvalue weighted by Gasteiger charge is -2.09. The van der Waals surface area contributed by atoms with Gasteiger partial charge in [0.1, 0.15) is 18.1 Å². The monoisotopic (exact) mass is 486 g/mol. The Morgan fingerprint density at radius 3 is 2.44 bits per heavy atom. The van der Waals surface area contributed by atoms with Gasteiger partial charge in [-0.15, -0.1) is 0 Å². The van der Waals surface area contributed by atoms with Gasteiger partial charge in [0.05, 0.1) is 36.7 Å². The fourth-order valence-electron chi connectivity index (χ4n) is 3.47. The highest BCUT2D eigenvalue weighted by Crippen LogP contribution is 2.19. The van der Waals surface area contributed by atoms with Crippen LogP contribution < -0.4 is 20.1 Å². The summed E-state index contributed by atoms with van der Waals surface area (Å²) < 4.78 is 16.0. The molecule has 0 unspecified atom stereocenters. The molecule has 0 fully saturated rings. The highest BCUT2D eigenvalue weighted by Gasteiger charge is 2.11. The lowest BCUT2D eigenvalue weighted by molar-refractivity contribution is -0.115. The summed E-state index contributed by atoms with van der Waals surface area (Å²) in [5.41, 5.74) is 4.03. The van der Waals surface area contributed by atoms with Crippen molar-refractivity contribution in [3.8, 4) is 11.6 Å². The number of amides is 2. The predicted molar refractivity (Wildman–Crippen MR) is 134 cm³/mol. The van der Waals surface area contributed by atoms with Gasteiger partial charge in [0.25, 0.3) is 5.91 Å². The lowest BCUT2D eigenvalue weighted by Crippen LogP contribution is -2.16. The van der Waals surface area contributed by atoms with E-state index in [1.54, 1.807) is 36.4 Å². The maximum absolute atomic E-state index is 12.6. The van der Waals surface area contributed by atoms with Gasteiger partial charge in [0.2, 0.25) is 11.8 Å². The largest absolute Gasteiger partial charge is 0.489 e. The van der Waals surface area contributed by atoms with Crippen molar-refractivity contribution >= 4 is 23.2 Å². The van der Waals surface area contributed by atoms with Gasteiger partial charge in [-0.25, -0.2) is 4.98 Å². The zero-order valence-corrected chi connectivity index (χ0v) is 20.2. The van der Waals surface area contributed by atoms with Gasteiger partial charge in [-0.3, -0.25) is 9.59 Å². The van der Waals surface area contributed by atoms with Crippen LogP contribution in [0.2, 0.25) is 0 Å². The summed E-state index contributed by atoms with van der Waals surface area (Å²) >= 11 is 0. The van der Waals surface area contributed by atoms with Crippen molar-refractivity contribution < 1.29 is 23.6 Å². The molecule has 4 aromatic rings. The smallest absolute Gasteiger partial charge is 0.255 e. The molecule has 0 bridgehead atoms. The molecule has 4 rings (SSSR count). The van der Waals surface area contributed by atoms with Crippen LogP contribution in [0.5, 0.6) is 11.6 Å². The molecule has 0 saturated heterocycles. The van der Waals surface area contributed by atoms with Crippen LogP contribution in [0.1, 0.15) is 32.9 Å². The zero-order chi connectivity index (χ0) is 25.5. The number of anilines is 2. The summed E-state index contributed by atoms with van der Waals surface area (Å²) in [7, 11) is 1.52. The molecule has 0 aliphatic rings. The van der Waals surface area contributed by atoms with Crippen LogP contribution in [-0.2, 0) is 17.8 Å². The normalized spacial score (nSPS) is 10.5. The molecule has 0 aliphatic heterocycles. The van der Waals surface area contributed by atoms with Crippen LogP contribution in [0, 0.1) is 13.8 Å². The Bertz CT molecular complexity index is 1330. The number of benzene rings is 2. The molecule has 2 heterocycles. The molecule has 2 aromatic heterocycles. The third kappa shape index (κ3) is 6.26. The summed E-state index contributed by atoms with van der Waals surface area (Å²) in [6.07, 6.45) is 1.69. The van der Waals surface area contributed by atoms with Crippen LogP contribution in [-0.4, -0.2) is 29.1 Å². The molecule has 184 valence electrons. The van der Waals surface area contributed by atoms with Crippen molar-refractivity contribution in [2.45, 2.75) is 26.9 Å². The van der Waals surface area contributed by atoms with E-state index in [0.717, 1.165) is 22.6 Å². The number of hydrogen-bond acceptors (Lipinski definition) is 7. The SMILES string of the molecule is COc1ccc(NC(=O)c2cccc(NC(=O)Cc3ccc(OCc4c(C)noc4C)cc3)c2)cn1. The first-order valence-corrected chi connectivity index (χ1v) is 11.3. The molecular formula is C27H26N4O5. The first-order valence-electron chi connectivity index (χ1n) is 11.3. The molecule has 2 N–H and O–H groups in total. The van der Waals surface area contributed by atoms with Crippen molar-refractivity contribution in [3.63, 3.8) is 0 Å². The molecular weight excluding hydrogens is 460 g/mol. The number of aromatic nitrogens is 2. The molecule has 9 heteroatoms. The fourth-order valence-corrected chi connectivity index (χ4v) is 3.47. The van der Waals surface area contributed by atoms with Crippen LogP contribution in [0.15, 0.2) is 71.4 Å². The topological polar surface area (TPSA) is 116 Å². The first kappa shape index (κ1) is 24.5. The van der Waals surface area contributed by atoms with E-state index in [1.165, 1.54) is 13.3 Å². The zero-order valence-electron chi connectivity index (χ0n) is 20.2. The number of carbonyl (C=O) groups excluding carboxylic acids is 2. The van der Waals surface area contributed by atoms with E-state index in [2.05, 4.69) is 20.8 Å². The third-order valence-corrected chi connectivity index (χ3v) is 5.46. The van der Waals surface area contributed by atoms with Crippen LogP contribution in [0.25, 0.3) is 0 Å². The number of ether oxygens (including phenoxy) is 2. The first-order chi connectivity index (χ1) is 17.4. The van der Waals surface area contributed by atoms with Gasteiger partial charge >= 0.3 is 0 Å². The Morgan fingerprint density at radius 2 is 1.78 bits per heavy atom. The van der Waals surface area contributed by atoms with Crippen molar-refractivity contribution in [1.82, 2.24) is 10.1 Å². The average molecular weight is 487 g/mol. The summed E-state index contributed by atoms with van der Waals surface area (Å²) in [4.78, 5) is 29.2. The number of nitrogens with zero attached hydrogens (tertiary/aromatic N) is 2. The minimum Gasteiger partial charge on any atom is -0.489 e. The molecule has 0 atom stereocenters. The number of rotatable bonds is 9. The standard InChI is InChI=1S/C27H26N4O5/c1-17-24(18(2)36-31-17)16-35-23-10-7-19(8-11-23)13-25(32)29-21-6-4-5-20(14-21)27(33)30-22-9-12-26(34-3)28-15-22/h4-12,14-15H,13,16H2,1-3H3,(H,29,32)(H,30,33). The fraction of sp³-hybridized carbons (Fsp3) is 0.185. The highest BCUT2D eigenvalue weighted by molar-refractivity contribution is 6.05. The number of hydrogen-bond donors (Lipinski definition) is 2. The van der Waals surface area contributed by atoms with E-state index in [9.17, 15) is 9.59 Å². The molecule has 36 heavy (non-hydrogen) atoms. The average Bonchev–Trinajstić information content (AvgIpc) is 3.21. The molecule has 0 saturated carbocycles. The number of carbonyl (C=O) groups is 2. The van der Waals surface area contributed by atoms with E-state index in [-0.39, 0.29) is 18.2 Å². The highest BCUT2D eigenvalue weighted by atomic mass is 16.5. The Balaban J connectivity index is 1.30. The molecule has 0 spiro atoms. The summed E-state index contributed by atoms with van der Waals surface area (Å²) in [5, 5.41) is 9.53. The van der Waals surface area contributed by atoms with Crippen molar-refractivity contribution in [2.75, 3.05) is 17.7 Å². The van der Waals surface area contributed by atoms with Crippen LogP contribution in [0.3, 0.4) is 0 Å². The molecule has 9 nitrogen and oxygen atoms in total. The van der Waals surface area contributed by atoms with Crippen molar-refractivity contribution in [3.05, 3.63) is 95.0 Å². The minimum absolute atomic E-state index is 0.179. The van der Waals surface area contributed by atoms with E-state index in [0.29, 0.717) is 35.2 Å². The van der Waals surface area contributed by atoms with E-state index >= 15 is 0 Å². The molecule has 0 radical (unpaired) electrons. The molecule has 2 amide bonds.